The molecule has 0 fully saturated rings. The summed E-state index contributed by atoms with van der Waals surface area (Å²) in [6.45, 7) is 1.58. The van der Waals surface area contributed by atoms with E-state index in [2.05, 4.69) is 5.10 Å². The quantitative estimate of drug-likeness (QED) is 0.911. The van der Waals surface area contributed by atoms with Gasteiger partial charge in [-0.3, -0.25) is 4.68 Å². The van der Waals surface area contributed by atoms with Gasteiger partial charge in [0.15, 0.2) is 0 Å². The monoisotopic (exact) mass is 250 g/mol. The summed E-state index contributed by atoms with van der Waals surface area (Å²) in [5.41, 5.74) is 1.83. The third-order valence-corrected chi connectivity index (χ3v) is 2.79. The highest BCUT2D eigenvalue weighted by Crippen LogP contribution is 2.21. The number of carboxylic acid groups (broad SMARTS) is 1. The lowest BCUT2D eigenvalue weighted by molar-refractivity contribution is -0.140. The highest BCUT2D eigenvalue weighted by Gasteiger charge is 2.14. The smallest absolute Gasteiger partial charge is 0.328 e. The maximum atomic E-state index is 10.8. The summed E-state index contributed by atoms with van der Waals surface area (Å²) in [5.74, 6) is -0.907. The summed E-state index contributed by atoms with van der Waals surface area (Å²) < 4.78 is 1.42. The molecule has 0 aliphatic rings. The number of hydrogen-bond donors (Lipinski definition) is 1. The number of rotatable bonds is 3. The highest BCUT2D eigenvalue weighted by molar-refractivity contribution is 6.30. The van der Waals surface area contributed by atoms with Gasteiger partial charge in [-0.25, -0.2) is 4.79 Å². The van der Waals surface area contributed by atoms with E-state index in [9.17, 15) is 4.79 Å². The van der Waals surface area contributed by atoms with Crippen LogP contribution in [-0.4, -0.2) is 20.9 Å². The summed E-state index contributed by atoms with van der Waals surface area (Å²) in [4.78, 5) is 10.8. The van der Waals surface area contributed by atoms with Gasteiger partial charge in [-0.2, -0.15) is 5.10 Å². The Morgan fingerprint density at radius 3 is 2.59 bits per heavy atom. The van der Waals surface area contributed by atoms with E-state index < -0.39 is 12.0 Å². The zero-order valence-electron chi connectivity index (χ0n) is 9.17. The van der Waals surface area contributed by atoms with Crippen LogP contribution in [0.4, 0.5) is 0 Å². The summed E-state index contributed by atoms with van der Waals surface area (Å²) in [6.07, 6.45) is 3.35. The van der Waals surface area contributed by atoms with Crippen LogP contribution >= 0.6 is 11.6 Å². The molecule has 2 aromatic rings. The summed E-state index contributed by atoms with van der Waals surface area (Å²) >= 11 is 5.80. The number of hydrogen-bond acceptors (Lipinski definition) is 2. The van der Waals surface area contributed by atoms with E-state index in [1.54, 1.807) is 31.5 Å². The minimum Gasteiger partial charge on any atom is -0.480 e. The van der Waals surface area contributed by atoms with Gasteiger partial charge in [-0.05, 0) is 24.6 Å². The molecule has 17 heavy (non-hydrogen) atoms. The second-order valence-electron chi connectivity index (χ2n) is 3.73. The van der Waals surface area contributed by atoms with Gasteiger partial charge in [-0.15, -0.1) is 0 Å². The van der Waals surface area contributed by atoms with Crippen molar-refractivity contribution in [2.24, 2.45) is 0 Å². The van der Waals surface area contributed by atoms with Crippen LogP contribution in [0.15, 0.2) is 36.7 Å². The predicted molar refractivity (Wildman–Crippen MR) is 65.0 cm³/mol. The molecule has 0 unspecified atom stereocenters. The van der Waals surface area contributed by atoms with E-state index in [1.807, 2.05) is 12.1 Å². The molecule has 1 aromatic heterocycles. The molecule has 0 bridgehead atoms. The molecule has 0 amide bonds. The summed E-state index contributed by atoms with van der Waals surface area (Å²) in [5, 5.41) is 13.6. The van der Waals surface area contributed by atoms with Crippen LogP contribution in [0.5, 0.6) is 0 Å². The van der Waals surface area contributed by atoms with Gasteiger partial charge in [0, 0.05) is 16.8 Å². The van der Waals surface area contributed by atoms with Crippen molar-refractivity contribution in [1.82, 2.24) is 9.78 Å². The van der Waals surface area contributed by atoms with Crippen molar-refractivity contribution in [3.63, 3.8) is 0 Å². The number of benzene rings is 1. The molecule has 4 nitrogen and oxygen atoms in total. The molecule has 1 atom stereocenters. The van der Waals surface area contributed by atoms with E-state index in [0.717, 1.165) is 11.1 Å². The van der Waals surface area contributed by atoms with Crippen LogP contribution in [0.3, 0.4) is 0 Å². The standard InChI is InChI=1S/C12H11ClN2O2/c1-8(12(16)17)15-7-10(6-14-15)9-2-4-11(13)5-3-9/h2-8H,1H3,(H,16,17)/t8-/m0/s1. The van der Waals surface area contributed by atoms with Crippen molar-refractivity contribution in [3.05, 3.63) is 41.7 Å². The fraction of sp³-hybridized carbons (Fsp3) is 0.167. The second-order valence-corrected chi connectivity index (χ2v) is 4.17. The molecule has 0 saturated carbocycles. The van der Waals surface area contributed by atoms with Crippen LogP contribution in [0.2, 0.25) is 5.02 Å². The number of carbonyl (C=O) groups is 1. The van der Waals surface area contributed by atoms with Gasteiger partial charge < -0.3 is 5.11 Å². The van der Waals surface area contributed by atoms with Crippen LogP contribution < -0.4 is 0 Å². The van der Waals surface area contributed by atoms with Gasteiger partial charge in [0.1, 0.15) is 6.04 Å². The largest absolute Gasteiger partial charge is 0.480 e. The van der Waals surface area contributed by atoms with Crippen molar-refractivity contribution >= 4 is 17.6 Å². The fourth-order valence-corrected chi connectivity index (χ4v) is 1.58. The van der Waals surface area contributed by atoms with E-state index in [-0.39, 0.29) is 0 Å². The van der Waals surface area contributed by atoms with Gasteiger partial charge >= 0.3 is 5.97 Å². The molecule has 1 heterocycles. The Hall–Kier alpha value is -1.81. The second kappa shape index (κ2) is 4.59. The zero-order valence-corrected chi connectivity index (χ0v) is 9.93. The molecule has 0 radical (unpaired) electrons. The Morgan fingerprint density at radius 1 is 1.35 bits per heavy atom. The third kappa shape index (κ3) is 2.47. The SMILES string of the molecule is C[C@@H](C(=O)O)n1cc(-c2ccc(Cl)cc2)cn1. The van der Waals surface area contributed by atoms with Crippen LogP contribution in [0, 0.1) is 0 Å². The van der Waals surface area contributed by atoms with Crippen molar-refractivity contribution in [1.29, 1.82) is 0 Å². The van der Waals surface area contributed by atoms with Crippen molar-refractivity contribution in [2.45, 2.75) is 13.0 Å². The molecule has 1 aromatic carbocycles. The van der Waals surface area contributed by atoms with Crippen molar-refractivity contribution < 1.29 is 9.90 Å². The van der Waals surface area contributed by atoms with Gasteiger partial charge in [0.25, 0.3) is 0 Å². The van der Waals surface area contributed by atoms with Gasteiger partial charge in [0.05, 0.1) is 6.20 Å². The Bertz CT molecular complexity index is 534. The molecule has 0 saturated heterocycles. The Balaban J connectivity index is 2.29. The number of halogens is 1. The number of carboxylic acids is 1. The van der Waals surface area contributed by atoms with Crippen molar-refractivity contribution in [2.75, 3.05) is 0 Å². The van der Waals surface area contributed by atoms with E-state index in [1.165, 1.54) is 4.68 Å². The minimum atomic E-state index is -0.907. The topological polar surface area (TPSA) is 55.1 Å². The molecule has 2 rings (SSSR count). The van der Waals surface area contributed by atoms with E-state index in [4.69, 9.17) is 16.7 Å². The van der Waals surface area contributed by atoms with Gasteiger partial charge in [-0.1, -0.05) is 23.7 Å². The highest BCUT2D eigenvalue weighted by atomic mass is 35.5. The Morgan fingerprint density at radius 2 is 2.00 bits per heavy atom. The summed E-state index contributed by atoms with van der Waals surface area (Å²) in [7, 11) is 0. The molecular weight excluding hydrogens is 240 g/mol. The Labute approximate surface area is 103 Å². The maximum absolute atomic E-state index is 10.8. The molecule has 5 heteroatoms. The average Bonchev–Trinajstić information content (AvgIpc) is 2.78. The lowest BCUT2D eigenvalue weighted by Gasteiger charge is -2.05. The number of aromatic nitrogens is 2. The molecule has 88 valence electrons. The fourth-order valence-electron chi connectivity index (χ4n) is 1.45. The first kappa shape index (κ1) is 11.7. The average molecular weight is 251 g/mol. The minimum absolute atomic E-state index is 0.667. The number of nitrogens with zero attached hydrogens (tertiary/aromatic N) is 2. The lowest BCUT2D eigenvalue weighted by Crippen LogP contribution is -2.15. The predicted octanol–water partition coefficient (Wildman–Crippen LogP) is 2.85. The summed E-state index contributed by atoms with van der Waals surface area (Å²) in [6, 6.07) is 6.64. The lowest BCUT2D eigenvalue weighted by atomic mass is 10.1. The van der Waals surface area contributed by atoms with E-state index >= 15 is 0 Å². The number of aliphatic carboxylic acids is 1. The first-order valence-corrected chi connectivity index (χ1v) is 5.48. The molecule has 0 aliphatic heterocycles. The van der Waals surface area contributed by atoms with Crippen LogP contribution in [-0.2, 0) is 4.79 Å². The van der Waals surface area contributed by atoms with Crippen LogP contribution in [0.25, 0.3) is 11.1 Å². The van der Waals surface area contributed by atoms with Crippen molar-refractivity contribution in [3.8, 4) is 11.1 Å². The van der Waals surface area contributed by atoms with Gasteiger partial charge in [0.2, 0.25) is 0 Å². The third-order valence-electron chi connectivity index (χ3n) is 2.53. The Kier molecular flexibility index (Phi) is 3.15. The zero-order chi connectivity index (χ0) is 12.4. The van der Waals surface area contributed by atoms with E-state index in [0.29, 0.717) is 5.02 Å². The molecule has 0 spiro atoms. The maximum Gasteiger partial charge on any atom is 0.328 e. The first-order valence-electron chi connectivity index (χ1n) is 5.11. The molecule has 0 aliphatic carbocycles. The first-order chi connectivity index (χ1) is 8.08. The molecular formula is C12H11ClN2O2. The van der Waals surface area contributed by atoms with Crippen LogP contribution in [0.1, 0.15) is 13.0 Å². The normalized spacial score (nSPS) is 12.4. The molecule has 1 N–H and O–H groups in total.